The van der Waals surface area contributed by atoms with Crippen LogP contribution in [0.15, 0.2) is 18.2 Å². The highest BCUT2D eigenvalue weighted by atomic mass is 19.1. The number of carbonyl (C=O) groups excluding carboxylic acids is 1. The van der Waals surface area contributed by atoms with Gasteiger partial charge in [0.25, 0.3) is 0 Å². The Bertz CT molecular complexity index is 546. The molecule has 1 aromatic rings. The van der Waals surface area contributed by atoms with Gasteiger partial charge < -0.3 is 15.2 Å². The average molecular weight is 295 g/mol. The Kier molecular flexibility index (Phi) is 4.77. The lowest BCUT2D eigenvalue weighted by Gasteiger charge is -2.27. The number of methoxy groups -OCH3 is 1. The topological polar surface area (TPSA) is 75.6 Å². The van der Waals surface area contributed by atoms with Crippen molar-refractivity contribution in [3.05, 3.63) is 24.0 Å². The van der Waals surface area contributed by atoms with Crippen LogP contribution in [0.3, 0.4) is 0 Å². The van der Waals surface area contributed by atoms with Gasteiger partial charge in [-0.25, -0.2) is 4.39 Å². The number of halogens is 1. The van der Waals surface area contributed by atoms with Gasteiger partial charge in [-0.1, -0.05) is 12.8 Å². The van der Waals surface area contributed by atoms with Gasteiger partial charge in [0, 0.05) is 6.07 Å². The molecule has 0 heterocycles. The Balaban J connectivity index is 2.15. The highest BCUT2D eigenvalue weighted by Gasteiger charge is 2.35. The number of hydrogen-bond acceptors (Lipinski definition) is 3. The summed E-state index contributed by atoms with van der Waals surface area (Å²) in [5.74, 6) is -2.78. The second-order valence-corrected chi connectivity index (χ2v) is 5.17. The van der Waals surface area contributed by atoms with E-state index in [1.807, 2.05) is 0 Å². The smallest absolute Gasteiger partial charge is 0.307 e. The number of rotatable bonds is 4. The average Bonchev–Trinajstić information content (AvgIpc) is 2.48. The third-order valence-electron chi connectivity index (χ3n) is 3.84. The fourth-order valence-electron chi connectivity index (χ4n) is 2.73. The number of carboxylic acids is 1. The summed E-state index contributed by atoms with van der Waals surface area (Å²) in [5, 5.41) is 11.9. The normalized spacial score (nSPS) is 21.6. The molecule has 0 spiro atoms. The first kappa shape index (κ1) is 15.3. The zero-order chi connectivity index (χ0) is 15.4. The van der Waals surface area contributed by atoms with Gasteiger partial charge in [-0.2, -0.15) is 0 Å². The summed E-state index contributed by atoms with van der Waals surface area (Å²) in [7, 11) is 1.38. The van der Waals surface area contributed by atoms with E-state index in [2.05, 4.69) is 5.32 Å². The molecule has 2 rings (SSSR count). The fraction of sp³-hybridized carbons (Fsp3) is 0.467. The van der Waals surface area contributed by atoms with E-state index in [1.54, 1.807) is 0 Å². The first-order chi connectivity index (χ1) is 10.0. The molecule has 5 nitrogen and oxygen atoms in total. The highest BCUT2D eigenvalue weighted by molar-refractivity contribution is 5.96. The van der Waals surface area contributed by atoms with Crippen LogP contribution in [0.2, 0.25) is 0 Å². The van der Waals surface area contributed by atoms with Crippen molar-refractivity contribution in [1.82, 2.24) is 0 Å². The van der Waals surface area contributed by atoms with Crippen LogP contribution in [0, 0.1) is 17.7 Å². The van der Waals surface area contributed by atoms with Crippen molar-refractivity contribution < 1.29 is 23.8 Å². The van der Waals surface area contributed by atoms with Crippen molar-refractivity contribution in [2.75, 3.05) is 12.4 Å². The van der Waals surface area contributed by atoms with Gasteiger partial charge in [-0.15, -0.1) is 0 Å². The van der Waals surface area contributed by atoms with E-state index < -0.39 is 23.6 Å². The molecule has 0 bridgehead atoms. The number of benzene rings is 1. The van der Waals surface area contributed by atoms with Crippen molar-refractivity contribution in [3.63, 3.8) is 0 Å². The fourth-order valence-corrected chi connectivity index (χ4v) is 2.73. The molecule has 0 saturated heterocycles. The molecule has 1 saturated carbocycles. The molecule has 0 aliphatic heterocycles. The van der Waals surface area contributed by atoms with Gasteiger partial charge >= 0.3 is 5.97 Å². The summed E-state index contributed by atoms with van der Waals surface area (Å²) >= 11 is 0. The third kappa shape index (κ3) is 3.51. The molecular weight excluding hydrogens is 277 g/mol. The summed E-state index contributed by atoms with van der Waals surface area (Å²) in [6.45, 7) is 0. The third-order valence-corrected chi connectivity index (χ3v) is 3.84. The van der Waals surface area contributed by atoms with Crippen LogP contribution in [-0.2, 0) is 9.59 Å². The zero-order valence-corrected chi connectivity index (χ0v) is 11.8. The van der Waals surface area contributed by atoms with Crippen molar-refractivity contribution in [1.29, 1.82) is 0 Å². The van der Waals surface area contributed by atoms with Crippen molar-refractivity contribution >= 4 is 17.6 Å². The predicted molar refractivity (Wildman–Crippen MR) is 74.7 cm³/mol. The largest absolute Gasteiger partial charge is 0.494 e. The van der Waals surface area contributed by atoms with Crippen LogP contribution in [0.5, 0.6) is 5.75 Å². The maximum atomic E-state index is 13.1. The van der Waals surface area contributed by atoms with E-state index in [0.717, 1.165) is 12.8 Å². The van der Waals surface area contributed by atoms with Crippen molar-refractivity contribution in [3.8, 4) is 5.75 Å². The minimum atomic E-state index is -0.944. The lowest BCUT2D eigenvalue weighted by atomic mass is 9.78. The standard InChI is InChI=1S/C15H18FNO4/c1-21-13-8-9(16)6-7-12(13)17-14(18)10-4-2-3-5-11(10)15(19)20/h6-8,10-11H,2-5H2,1H3,(H,17,18)(H,19,20). The first-order valence-electron chi connectivity index (χ1n) is 6.90. The predicted octanol–water partition coefficient (Wildman–Crippen LogP) is 2.66. The van der Waals surface area contributed by atoms with Gasteiger partial charge in [0.2, 0.25) is 5.91 Å². The summed E-state index contributed by atoms with van der Waals surface area (Å²) in [6, 6.07) is 3.80. The molecule has 6 heteroatoms. The molecule has 114 valence electrons. The molecule has 2 unspecified atom stereocenters. The van der Waals surface area contributed by atoms with Crippen LogP contribution >= 0.6 is 0 Å². The van der Waals surface area contributed by atoms with E-state index in [0.29, 0.717) is 18.5 Å². The first-order valence-corrected chi connectivity index (χ1v) is 6.90. The maximum absolute atomic E-state index is 13.1. The lowest BCUT2D eigenvalue weighted by Crippen LogP contribution is -2.36. The Labute approximate surface area is 122 Å². The number of aliphatic carboxylic acids is 1. The quantitative estimate of drug-likeness (QED) is 0.895. The summed E-state index contributed by atoms with van der Waals surface area (Å²) in [5.41, 5.74) is 0.346. The van der Waals surface area contributed by atoms with E-state index in [1.165, 1.54) is 25.3 Å². The van der Waals surface area contributed by atoms with Crippen LogP contribution in [0.1, 0.15) is 25.7 Å². The van der Waals surface area contributed by atoms with Crippen molar-refractivity contribution in [2.24, 2.45) is 11.8 Å². The SMILES string of the molecule is COc1cc(F)ccc1NC(=O)C1CCCCC1C(=O)O. The Hall–Kier alpha value is -2.11. The molecule has 1 fully saturated rings. The zero-order valence-electron chi connectivity index (χ0n) is 11.8. The Morgan fingerprint density at radius 1 is 1.29 bits per heavy atom. The number of nitrogens with one attached hydrogen (secondary N) is 1. The van der Waals surface area contributed by atoms with E-state index in [4.69, 9.17) is 4.74 Å². The lowest BCUT2D eigenvalue weighted by molar-refractivity contribution is -0.147. The minimum absolute atomic E-state index is 0.214. The number of carboxylic acid groups (broad SMARTS) is 1. The van der Waals surface area contributed by atoms with Crippen LogP contribution in [-0.4, -0.2) is 24.1 Å². The molecule has 0 aromatic heterocycles. The van der Waals surface area contributed by atoms with Gasteiger partial charge in [0.1, 0.15) is 11.6 Å². The number of hydrogen-bond donors (Lipinski definition) is 2. The molecule has 2 atom stereocenters. The number of carbonyl (C=O) groups is 2. The second-order valence-electron chi connectivity index (χ2n) is 5.17. The van der Waals surface area contributed by atoms with Crippen LogP contribution in [0.25, 0.3) is 0 Å². The molecule has 0 radical (unpaired) electrons. The highest BCUT2D eigenvalue weighted by Crippen LogP contribution is 2.32. The summed E-state index contributed by atoms with van der Waals surface area (Å²) < 4.78 is 18.1. The van der Waals surface area contributed by atoms with Gasteiger partial charge in [0.05, 0.1) is 24.6 Å². The van der Waals surface area contributed by atoms with Crippen molar-refractivity contribution in [2.45, 2.75) is 25.7 Å². The molecule has 21 heavy (non-hydrogen) atoms. The van der Waals surface area contributed by atoms with Gasteiger partial charge in [0.15, 0.2) is 0 Å². The van der Waals surface area contributed by atoms with E-state index >= 15 is 0 Å². The van der Waals surface area contributed by atoms with E-state index in [9.17, 15) is 19.1 Å². The number of ether oxygens (including phenoxy) is 1. The molecule has 2 N–H and O–H groups in total. The van der Waals surface area contributed by atoms with E-state index in [-0.39, 0.29) is 11.7 Å². The van der Waals surface area contributed by atoms with Gasteiger partial charge in [-0.05, 0) is 25.0 Å². The molecular formula is C15H18FNO4. The molecule has 1 aliphatic rings. The second kappa shape index (κ2) is 6.56. The molecule has 1 aromatic carbocycles. The Morgan fingerprint density at radius 3 is 2.57 bits per heavy atom. The maximum Gasteiger partial charge on any atom is 0.307 e. The minimum Gasteiger partial charge on any atom is -0.494 e. The monoisotopic (exact) mass is 295 g/mol. The van der Waals surface area contributed by atoms with Crippen LogP contribution < -0.4 is 10.1 Å². The van der Waals surface area contributed by atoms with Crippen LogP contribution in [0.4, 0.5) is 10.1 Å². The molecule has 1 amide bonds. The van der Waals surface area contributed by atoms with Gasteiger partial charge in [-0.3, -0.25) is 9.59 Å². The Morgan fingerprint density at radius 2 is 1.95 bits per heavy atom. The molecule has 1 aliphatic carbocycles. The summed E-state index contributed by atoms with van der Waals surface area (Å²) in [6.07, 6.45) is 2.71. The summed E-state index contributed by atoms with van der Waals surface area (Å²) in [4.78, 5) is 23.5. The number of amides is 1. The number of anilines is 1.